The van der Waals surface area contributed by atoms with Crippen molar-refractivity contribution in [3.8, 4) is 0 Å². The number of nitrogens with zero attached hydrogens (tertiary/aromatic N) is 1. The van der Waals surface area contributed by atoms with Crippen molar-refractivity contribution in [1.29, 1.82) is 0 Å². The predicted octanol–water partition coefficient (Wildman–Crippen LogP) is 1.53. The fraction of sp³-hybridized carbons (Fsp3) is 0.462. The smallest absolute Gasteiger partial charge is 0.141 e. The number of hydrogen-bond acceptors (Lipinski definition) is 3. The van der Waals surface area contributed by atoms with Crippen molar-refractivity contribution in [2.75, 3.05) is 25.0 Å². The Morgan fingerprint density at radius 1 is 1.56 bits per heavy atom. The van der Waals surface area contributed by atoms with Crippen LogP contribution in [0.3, 0.4) is 0 Å². The minimum absolute atomic E-state index is 0.121. The topological polar surface area (TPSA) is 32.3 Å². The molecular weight excluding hydrogens is 200 g/mol. The molecule has 16 heavy (non-hydrogen) atoms. The largest absolute Gasteiger partial charge is 0.375 e. The molecule has 0 spiro atoms. The molecule has 2 rings (SSSR count). The molecule has 1 atom stereocenters. The first-order valence-electron chi connectivity index (χ1n) is 5.79. The molecule has 0 amide bonds. The molecule has 1 heterocycles. The van der Waals surface area contributed by atoms with E-state index in [1.54, 1.807) is 0 Å². The van der Waals surface area contributed by atoms with Crippen LogP contribution in [0, 0.1) is 0 Å². The number of aldehydes is 1. The Kier molecular flexibility index (Phi) is 3.25. The van der Waals surface area contributed by atoms with Crippen molar-refractivity contribution in [1.82, 2.24) is 5.32 Å². The van der Waals surface area contributed by atoms with E-state index in [1.807, 2.05) is 0 Å². The number of anilines is 1. The Morgan fingerprint density at radius 3 is 3.06 bits per heavy atom. The fourth-order valence-electron chi connectivity index (χ4n) is 2.13. The van der Waals surface area contributed by atoms with Crippen LogP contribution in [0.15, 0.2) is 18.2 Å². The average molecular weight is 218 g/mol. The highest BCUT2D eigenvalue weighted by atomic mass is 16.1. The molecule has 0 saturated heterocycles. The van der Waals surface area contributed by atoms with Gasteiger partial charge in [-0.3, -0.25) is 0 Å². The first kappa shape index (κ1) is 11.1. The third-order valence-corrected chi connectivity index (χ3v) is 3.27. The van der Waals surface area contributed by atoms with E-state index in [4.69, 9.17) is 0 Å². The number of carbonyl (C=O) groups excluding carboxylic acids is 1. The Labute approximate surface area is 96.5 Å². The normalized spacial score (nSPS) is 19.0. The van der Waals surface area contributed by atoms with Gasteiger partial charge in [-0.05, 0) is 36.6 Å². The second-order valence-corrected chi connectivity index (χ2v) is 4.22. The van der Waals surface area contributed by atoms with E-state index in [2.05, 4.69) is 42.4 Å². The maximum atomic E-state index is 10.9. The van der Waals surface area contributed by atoms with Crippen LogP contribution >= 0.6 is 0 Å². The summed E-state index contributed by atoms with van der Waals surface area (Å²) in [5.74, 6) is 0. The highest BCUT2D eigenvalue weighted by Crippen LogP contribution is 2.25. The lowest BCUT2D eigenvalue weighted by molar-refractivity contribution is -0.109. The van der Waals surface area contributed by atoms with Gasteiger partial charge in [-0.15, -0.1) is 0 Å². The van der Waals surface area contributed by atoms with Gasteiger partial charge < -0.3 is 15.0 Å². The second-order valence-electron chi connectivity index (χ2n) is 4.22. The van der Waals surface area contributed by atoms with E-state index >= 15 is 0 Å². The lowest BCUT2D eigenvalue weighted by atomic mass is 9.94. The Hall–Kier alpha value is -1.35. The molecular formula is C13H18N2O. The quantitative estimate of drug-likeness (QED) is 0.781. The highest BCUT2D eigenvalue weighted by Gasteiger charge is 2.19. The van der Waals surface area contributed by atoms with Gasteiger partial charge in [-0.2, -0.15) is 0 Å². The first-order valence-corrected chi connectivity index (χ1v) is 5.79. The number of nitrogens with one attached hydrogen (secondary N) is 1. The van der Waals surface area contributed by atoms with Gasteiger partial charge in [0.05, 0.1) is 6.04 Å². The van der Waals surface area contributed by atoms with E-state index in [0.717, 1.165) is 31.4 Å². The van der Waals surface area contributed by atoms with Gasteiger partial charge in [-0.1, -0.05) is 6.07 Å². The molecule has 1 aliphatic rings. The summed E-state index contributed by atoms with van der Waals surface area (Å²) in [7, 11) is 2.08. The molecule has 1 aromatic rings. The number of benzene rings is 1. The van der Waals surface area contributed by atoms with E-state index in [9.17, 15) is 4.79 Å². The van der Waals surface area contributed by atoms with Crippen LogP contribution in [0.5, 0.6) is 0 Å². The molecule has 1 N–H and O–H groups in total. The lowest BCUT2D eigenvalue weighted by Gasteiger charge is -2.25. The molecule has 0 bridgehead atoms. The molecule has 3 heteroatoms. The molecule has 0 aliphatic carbocycles. The summed E-state index contributed by atoms with van der Waals surface area (Å²) < 4.78 is 0. The Morgan fingerprint density at radius 2 is 2.38 bits per heavy atom. The van der Waals surface area contributed by atoms with Crippen LogP contribution in [0.25, 0.3) is 0 Å². The number of carbonyl (C=O) groups is 1. The zero-order valence-corrected chi connectivity index (χ0v) is 9.86. The second kappa shape index (κ2) is 4.66. The molecule has 3 nitrogen and oxygen atoms in total. The molecule has 1 aromatic carbocycles. The van der Waals surface area contributed by atoms with Crippen molar-refractivity contribution in [2.45, 2.75) is 19.4 Å². The van der Waals surface area contributed by atoms with Gasteiger partial charge in [0.2, 0.25) is 0 Å². The van der Waals surface area contributed by atoms with Gasteiger partial charge >= 0.3 is 0 Å². The Bertz CT molecular complexity index is 390. The molecule has 0 radical (unpaired) electrons. The molecule has 1 unspecified atom stereocenters. The minimum atomic E-state index is -0.121. The third kappa shape index (κ3) is 1.95. The summed E-state index contributed by atoms with van der Waals surface area (Å²) in [4.78, 5) is 13.1. The third-order valence-electron chi connectivity index (χ3n) is 3.27. The molecule has 1 aliphatic heterocycles. The first-order chi connectivity index (χ1) is 7.76. The standard InChI is InChI=1S/C13H18N2O/c1-3-15(2)11-4-5-12-10(8-11)6-7-14-13(12)9-16/h4-5,8-9,13-14H,3,6-7H2,1-2H3. The van der Waals surface area contributed by atoms with Crippen molar-refractivity contribution >= 4 is 12.0 Å². The number of fused-ring (bicyclic) bond motifs is 1. The van der Waals surface area contributed by atoms with E-state index < -0.39 is 0 Å². The van der Waals surface area contributed by atoms with Gasteiger partial charge in [-0.25, -0.2) is 0 Å². The maximum Gasteiger partial charge on any atom is 0.141 e. The van der Waals surface area contributed by atoms with Gasteiger partial charge in [0.25, 0.3) is 0 Å². The average Bonchev–Trinajstić information content (AvgIpc) is 2.36. The monoisotopic (exact) mass is 218 g/mol. The fourth-order valence-corrected chi connectivity index (χ4v) is 2.13. The van der Waals surface area contributed by atoms with Crippen molar-refractivity contribution < 1.29 is 4.79 Å². The van der Waals surface area contributed by atoms with E-state index in [-0.39, 0.29) is 6.04 Å². The van der Waals surface area contributed by atoms with Crippen molar-refractivity contribution in [2.24, 2.45) is 0 Å². The minimum Gasteiger partial charge on any atom is -0.375 e. The summed E-state index contributed by atoms with van der Waals surface area (Å²) in [6, 6.07) is 6.24. The maximum absolute atomic E-state index is 10.9. The molecule has 0 fully saturated rings. The highest BCUT2D eigenvalue weighted by molar-refractivity contribution is 5.65. The zero-order chi connectivity index (χ0) is 11.5. The summed E-state index contributed by atoms with van der Waals surface area (Å²) in [6.07, 6.45) is 1.99. The van der Waals surface area contributed by atoms with E-state index in [0.29, 0.717) is 0 Å². The summed E-state index contributed by atoms with van der Waals surface area (Å²) >= 11 is 0. The van der Waals surface area contributed by atoms with Crippen LogP contribution in [-0.4, -0.2) is 26.4 Å². The lowest BCUT2D eigenvalue weighted by Crippen LogP contribution is -2.31. The molecule has 0 aromatic heterocycles. The summed E-state index contributed by atoms with van der Waals surface area (Å²) in [5.41, 5.74) is 3.66. The summed E-state index contributed by atoms with van der Waals surface area (Å²) in [6.45, 7) is 4.01. The number of rotatable bonds is 3. The van der Waals surface area contributed by atoms with Gasteiger partial charge in [0, 0.05) is 25.8 Å². The predicted molar refractivity (Wildman–Crippen MR) is 65.9 cm³/mol. The number of hydrogen-bond donors (Lipinski definition) is 1. The SMILES string of the molecule is CCN(C)c1ccc2c(c1)CCNC2C=O. The van der Waals surface area contributed by atoms with Gasteiger partial charge in [0.15, 0.2) is 0 Å². The zero-order valence-electron chi connectivity index (χ0n) is 9.86. The van der Waals surface area contributed by atoms with Crippen molar-refractivity contribution in [3.63, 3.8) is 0 Å². The molecule has 86 valence electrons. The molecule has 0 saturated carbocycles. The van der Waals surface area contributed by atoms with E-state index in [1.165, 1.54) is 11.3 Å². The van der Waals surface area contributed by atoms with Crippen LogP contribution in [0.2, 0.25) is 0 Å². The van der Waals surface area contributed by atoms with Crippen molar-refractivity contribution in [3.05, 3.63) is 29.3 Å². The van der Waals surface area contributed by atoms with Crippen LogP contribution in [-0.2, 0) is 11.2 Å². The van der Waals surface area contributed by atoms with Gasteiger partial charge in [0.1, 0.15) is 6.29 Å². The van der Waals surface area contributed by atoms with Crippen LogP contribution in [0.4, 0.5) is 5.69 Å². The van der Waals surface area contributed by atoms with Crippen LogP contribution in [0.1, 0.15) is 24.1 Å². The Balaban J connectivity index is 2.35. The summed E-state index contributed by atoms with van der Waals surface area (Å²) in [5, 5.41) is 3.21. The van der Waals surface area contributed by atoms with Crippen LogP contribution < -0.4 is 10.2 Å².